The van der Waals surface area contributed by atoms with E-state index in [1.54, 1.807) is 0 Å². The van der Waals surface area contributed by atoms with E-state index in [9.17, 15) is 0 Å². The zero-order valence-electron chi connectivity index (χ0n) is 10.4. The van der Waals surface area contributed by atoms with Gasteiger partial charge in [-0.1, -0.05) is 13.3 Å². The van der Waals surface area contributed by atoms with E-state index >= 15 is 0 Å². The minimum Gasteiger partial charge on any atom is -0.494 e. The molecule has 0 aliphatic carbocycles. The molecule has 2 N–H and O–H groups in total. The third-order valence-corrected chi connectivity index (χ3v) is 2.51. The Kier molecular flexibility index (Phi) is 4.30. The van der Waals surface area contributed by atoms with Crippen LogP contribution in [0.2, 0.25) is 0 Å². The number of aromatic nitrogens is 2. The first-order chi connectivity index (χ1) is 8.83. The number of hydrogen-bond donors (Lipinski definition) is 1. The van der Waals surface area contributed by atoms with Gasteiger partial charge in [0.15, 0.2) is 0 Å². The summed E-state index contributed by atoms with van der Waals surface area (Å²) in [6.07, 6.45) is 2.19. The van der Waals surface area contributed by atoms with E-state index in [0.717, 1.165) is 30.8 Å². The Morgan fingerprint density at radius 2 is 2.00 bits per heavy atom. The number of rotatable bonds is 6. The molecular weight excluding hydrogens is 230 g/mol. The molecule has 1 aromatic carbocycles. The number of nitrogens with zero attached hydrogens (tertiary/aromatic N) is 2. The monoisotopic (exact) mass is 247 g/mol. The van der Waals surface area contributed by atoms with Gasteiger partial charge in [-0.15, -0.1) is 10.2 Å². The molecule has 0 unspecified atom stereocenters. The molecule has 1 heterocycles. The van der Waals surface area contributed by atoms with Gasteiger partial charge in [-0.2, -0.15) is 0 Å². The fourth-order valence-corrected chi connectivity index (χ4v) is 1.48. The molecule has 0 bridgehead atoms. The van der Waals surface area contributed by atoms with E-state index < -0.39 is 0 Å². The van der Waals surface area contributed by atoms with Crippen LogP contribution in [0.1, 0.15) is 25.7 Å². The predicted molar refractivity (Wildman–Crippen MR) is 68.0 cm³/mol. The lowest BCUT2D eigenvalue weighted by Gasteiger charge is -2.04. The quantitative estimate of drug-likeness (QED) is 0.793. The standard InChI is InChI=1S/C13H17N3O2/c1-2-3-8-17-11-6-4-10(5-7-11)13-16-15-12(9-14)18-13/h4-7H,2-3,8-9,14H2,1H3. The van der Waals surface area contributed by atoms with E-state index in [1.165, 1.54) is 0 Å². The Balaban J connectivity index is 2.02. The molecule has 18 heavy (non-hydrogen) atoms. The van der Waals surface area contributed by atoms with Gasteiger partial charge in [-0.25, -0.2) is 0 Å². The molecule has 0 amide bonds. The highest BCUT2D eigenvalue weighted by molar-refractivity contribution is 5.53. The first-order valence-electron chi connectivity index (χ1n) is 6.09. The second-order valence-corrected chi connectivity index (χ2v) is 3.93. The molecule has 5 heteroatoms. The van der Waals surface area contributed by atoms with Gasteiger partial charge in [-0.05, 0) is 30.7 Å². The van der Waals surface area contributed by atoms with Crippen LogP contribution in [-0.2, 0) is 6.54 Å². The van der Waals surface area contributed by atoms with Crippen molar-refractivity contribution < 1.29 is 9.15 Å². The predicted octanol–water partition coefficient (Wildman–Crippen LogP) is 2.37. The molecule has 0 saturated carbocycles. The molecular formula is C13H17N3O2. The van der Waals surface area contributed by atoms with Gasteiger partial charge < -0.3 is 14.9 Å². The molecule has 96 valence electrons. The highest BCUT2D eigenvalue weighted by Crippen LogP contribution is 2.21. The fraction of sp³-hybridized carbons (Fsp3) is 0.385. The third-order valence-electron chi connectivity index (χ3n) is 2.51. The number of ether oxygens (including phenoxy) is 1. The highest BCUT2D eigenvalue weighted by Gasteiger charge is 2.07. The summed E-state index contributed by atoms with van der Waals surface area (Å²) < 4.78 is 10.9. The number of benzene rings is 1. The average Bonchev–Trinajstić information content (AvgIpc) is 2.89. The number of unbranched alkanes of at least 4 members (excludes halogenated alkanes) is 1. The van der Waals surface area contributed by atoms with Crippen molar-refractivity contribution in [2.75, 3.05) is 6.61 Å². The van der Waals surface area contributed by atoms with Crippen LogP contribution in [0.5, 0.6) is 5.75 Å². The molecule has 0 aliphatic heterocycles. The van der Waals surface area contributed by atoms with Crippen LogP contribution < -0.4 is 10.5 Å². The van der Waals surface area contributed by atoms with E-state index in [1.807, 2.05) is 24.3 Å². The molecule has 2 rings (SSSR count). The summed E-state index contributed by atoms with van der Waals surface area (Å²) in [5.74, 6) is 1.77. The van der Waals surface area contributed by atoms with E-state index in [-0.39, 0.29) is 6.54 Å². The molecule has 0 aliphatic rings. The summed E-state index contributed by atoms with van der Waals surface area (Å²) in [6.45, 7) is 3.13. The molecule has 0 fully saturated rings. The lowest BCUT2D eigenvalue weighted by Crippen LogP contribution is -1.95. The van der Waals surface area contributed by atoms with Crippen molar-refractivity contribution in [3.05, 3.63) is 30.2 Å². The van der Waals surface area contributed by atoms with Crippen molar-refractivity contribution in [1.29, 1.82) is 0 Å². The highest BCUT2D eigenvalue weighted by atomic mass is 16.5. The third kappa shape index (κ3) is 3.07. The van der Waals surface area contributed by atoms with Crippen molar-refractivity contribution in [3.63, 3.8) is 0 Å². The summed E-state index contributed by atoms with van der Waals surface area (Å²) in [7, 11) is 0. The van der Waals surface area contributed by atoms with Gasteiger partial charge >= 0.3 is 0 Å². The normalized spacial score (nSPS) is 10.6. The molecule has 2 aromatic rings. The summed E-state index contributed by atoms with van der Waals surface area (Å²) >= 11 is 0. The second kappa shape index (κ2) is 6.16. The maximum atomic E-state index is 5.58. The van der Waals surface area contributed by atoms with Crippen LogP contribution in [0, 0.1) is 0 Å². The lowest BCUT2D eigenvalue weighted by molar-refractivity contribution is 0.309. The first-order valence-corrected chi connectivity index (χ1v) is 6.09. The maximum Gasteiger partial charge on any atom is 0.247 e. The SMILES string of the molecule is CCCCOc1ccc(-c2nnc(CN)o2)cc1. The van der Waals surface area contributed by atoms with Crippen molar-refractivity contribution >= 4 is 0 Å². The largest absolute Gasteiger partial charge is 0.494 e. The van der Waals surface area contributed by atoms with E-state index in [2.05, 4.69) is 17.1 Å². The van der Waals surface area contributed by atoms with Crippen LogP contribution in [-0.4, -0.2) is 16.8 Å². The van der Waals surface area contributed by atoms with Gasteiger partial charge in [-0.3, -0.25) is 0 Å². The molecule has 1 aromatic heterocycles. The number of hydrogen-bond acceptors (Lipinski definition) is 5. The lowest BCUT2D eigenvalue weighted by atomic mass is 10.2. The maximum absolute atomic E-state index is 5.58. The van der Waals surface area contributed by atoms with Gasteiger partial charge in [0.25, 0.3) is 0 Å². The second-order valence-electron chi connectivity index (χ2n) is 3.93. The zero-order chi connectivity index (χ0) is 12.8. The average molecular weight is 247 g/mol. The Morgan fingerprint density at radius 3 is 2.61 bits per heavy atom. The van der Waals surface area contributed by atoms with Crippen molar-refractivity contribution in [1.82, 2.24) is 10.2 Å². The smallest absolute Gasteiger partial charge is 0.247 e. The van der Waals surface area contributed by atoms with Crippen LogP contribution in [0.15, 0.2) is 28.7 Å². The molecule has 0 spiro atoms. The van der Waals surface area contributed by atoms with Crippen LogP contribution >= 0.6 is 0 Å². The van der Waals surface area contributed by atoms with Gasteiger partial charge in [0.1, 0.15) is 5.75 Å². The van der Waals surface area contributed by atoms with Crippen LogP contribution in [0.4, 0.5) is 0 Å². The molecule has 0 saturated heterocycles. The minimum atomic E-state index is 0.255. The first kappa shape index (κ1) is 12.6. The summed E-state index contributed by atoms with van der Waals surface area (Å²) in [4.78, 5) is 0. The van der Waals surface area contributed by atoms with Gasteiger partial charge in [0.05, 0.1) is 13.2 Å². The summed E-state index contributed by atoms with van der Waals surface area (Å²) in [5.41, 5.74) is 6.28. The van der Waals surface area contributed by atoms with E-state index in [0.29, 0.717) is 11.8 Å². The number of nitrogens with two attached hydrogens (primary N) is 1. The minimum absolute atomic E-state index is 0.255. The Hall–Kier alpha value is -1.88. The van der Waals surface area contributed by atoms with Crippen LogP contribution in [0.3, 0.4) is 0 Å². The molecule has 0 atom stereocenters. The van der Waals surface area contributed by atoms with Crippen molar-refractivity contribution in [3.8, 4) is 17.2 Å². The van der Waals surface area contributed by atoms with E-state index in [4.69, 9.17) is 14.9 Å². The Morgan fingerprint density at radius 1 is 1.22 bits per heavy atom. The molecule has 0 radical (unpaired) electrons. The van der Waals surface area contributed by atoms with Crippen molar-refractivity contribution in [2.24, 2.45) is 5.73 Å². The Bertz CT molecular complexity index is 479. The molecule has 5 nitrogen and oxygen atoms in total. The summed E-state index contributed by atoms with van der Waals surface area (Å²) in [5, 5.41) is 7.75. The Labute approximate surface area is 106 Å². The summed E-state index contributed by atoms with van der Waals surface area (Å²) in [6, 6.07) is 7.60. The van der Waals surface area contributed by atoms with Crippen molar-refractivity contribution in [2.45, 2.75) is 26.3 Å². The fourth-order valence-electron chi connectivity index (χ4n) is 1.48. The van der Waals surface area contributed by atoms with Crippen LogP contribution in [0.25, 0.3) is 11.5 Å². The topological polar surface area (TPSA) is 74.2 Å². The van der Waals surface area contributed by atoms with Gasteiger partial charge in [0, 0.05) is 5.56 Å². The van der Waals surface area contributed by atoms with Gasteiger partial charge in [0.2, 0.25) is 11.8 Å². The zero-order valence-corrected chi connectivity index (χ0v) is 10.4.